The van der Waals surface area contributed by atoms with Crippen LogP contribution in [0.5, 0.6) is 0 Å². The van der Waals surface area contributed by atoms with Crippen LogP contribution >= 0.6 is 0 Å². The van der Waals surface area contributed by atoms with Gasteiger partial charge in [-0.1, -0.05) is 6.07 Å². The molecule has 0 aliphatic rings. The third-order valence-electron chi connectivity index (χ3n) is 2.32. The highest BCUT2D eigenvalue weighted by molar-refractivity contribution is 5.74. The standard InChI is InChI=1S/C10H13N3O2/c1-15-9(11)5-6-2-3-7-8(4-6)13-10(14)12-7/h2-4,9H,5,11H2,1H3,(H2,12,13,14). The molecule has 0 saturated heterocycles. The van der Waals surface area contributed by atoms with E-state index in [1.165, 1.54) is 0 Å². The molecule has 1 aromatic heterocycles. The van der Waals surface area contributed by atoms with Gasteiger partial charge >= 0.3 is 5.69 Å². The molecule has 0 aliphatic heterocycles. The highest BCUT2D eigenvalue weighted by Gasteiger charge is 2.04. The van der Waals surface area contributed by atoms with Crippen molar-refractivity contribution in [1.29, 1.82) is 0 Å². The number of nitrogens with two attached hydrogens (primary N) is 1. The van der Waals surface area contributed by atoms with Gasteiger partial charge in [0, 0.05) is 13.5 Å². The van der Waals surface area contributed by atoms with E-state index in [-0.39, 0.29) is 11.9 Å². The van der Waals surface area contributed by atoms with Crippen LogP contribution in [0.2, 0.25) is 0 Å². The minimum absolute atomic E-state index is 0.196. The predicted molar refractivity (Wildman–Crippen MR) is 57.6 cm³/mol. The van der Waals surface area contributed by atoms with E-state index in [1.54, 1.807) is 7.11 Å². The lowest BCUT2D eigenvalue weighted by Gasteiger charge is -2.08. The highest BCUT2D eigenvalue weighted by Crippen LogP contribution is 2.11. The minimum Gasteiger partial charge on any atom is -0.366 e. The van der Waals surface area contributed by atoms with Crippen molar-refractivity contribution >= 4 is 11.0 Å². The molecule has 0 spiro atoms. The maximum Gasteiger partial charge on any atom is 0.323 e. The van der Waals surface area contributed by atoms with Crippen LogP contribution in [0.1, 0.15) is 5.56 Å². The first-order valence-electron chi connectivity index (χ1n) is 4.68. The third-order valence-corrected chi connectivity index (χ3v) is 2.32. The number of aromatic nitrogens is 2. The van der Waals surface area contributed by atoms with Crippen molar-refractivity contribution in [2.24, 2.45) is 5.73 Å². The van der Waals surface area contributed by atoms with Gasteiger partial charge < -0.3 is 20.4 Å². The number of hydrogen-bond donors (Lipinski definition) is 3. The Hall–Kier alpha value is -1.59. The molecule has 1 aromatic carbocycles. The molecule has 0 saturated carbocycles. The Kier molecular flexibility index (Phi) is 2.57. The summed E-state index contributed by atoms with van der Waals surface area (Å²) < 4.78 is 4.97. The van der Waals surface area contributed by atoms with E-state index in [2.05, 4.69) is 9.97 Å². The molecule has 4 N–H and O–H groups in total. The zero-order valence-corrected chi connectivity index (χ0v) is 8.41. The molecule has 1 heterocycles. The fourth-order valence-corrected chi connectivity index (χ4v) is 1.52. The molecular formula is C10H13N3O2. The minimum atomic E-state index is -0.312. The van der Waals surface area contributed by atoms with Crippen LogP contribution in [0.15, 0.2) is 23.0 Å². The Labute approximate surface area is 86.3 Å². The van der Waals surface area contributed by atoms with Crippen LogP contribution in [-0.4, -0.2) is 23.3 Å². The van der Waals surface area contributed by atoms with Crippen LogP contribution in [0.25, 0.3) is 11.0 Å². The fourth-order valence-electron chi connectivity index (χ4n) is 1.52. The first kappa shape index (κ1) is 9.95. The third kappa shape index (κ3) is 2.08. The molecule has 2 aromatic rings. The number of ether oxygens (including phenoxy) is 1. The Bertz CT molecular complexity index is 515. The second-order valence-electron chi connectivity index (χ2n) is 3.44. The van der Waals surface area contributed by atoms with Crippen molar-refractivity contribution in [3.63, 3.8) is 0 Å². The lowest BCUT2D eigenvalue weighted by molar-refractivity contribution is 0.109. The van der Waals surface area contributed by atoms with Crippen LogP contribution in [-0.2, 0) is 11.2 Å². The maximum atomic E-state index is 11.0. The first-order chi connectivity index (χ1) is 7.19. The molecule has 5 heteroatoms. The molecule has 0 radical (unpaired) electrons. The van der Waals surface area contributed by atoms with Gasteiger partial charge in [0.05, 0.1) is 11.0 Å². The molecule has 5 nitrogen and oxygen atoms in total. The molecule has 0 fully saturated rings. The number of aromatic amines is 2. The van der Waals surface area contributed by atoms with Crippen molar-refractivity contribution in [1.82, 2.24) is 9.97 Å². The number of rotatable bonds is 3. The monoisotopic (exact) mass is 207 g/mol. The normalized spacial score (nSPS) is 13.2. The second-order valence-corrected chi connectivity index (χ2v) is 3.44. The van der Waals surface area contributed by atoms with Gasteiger partial charge in [-0.3, -0.25) is 0 Å². The average molecular weight is 207 g/mol. The van der Waals surface area contributed by atoms with E-state index in [1.807, 2.05) is 18.2 Å². The Morgan fingerprint density at radius 1 is 1.40 bits per heavy atom. The second kappa shape index (κ2) is 3.88. The molecule has 2 rings (SSSR count). The first-order valence-corrected chi connectivity index (χ1v) is 4.68. The lowest BCUT2D eigenvalue weighted by atomic mass is 10.1. The fraction of sp³-hybridized carbons (Fsp3) is 0.300. The van der Waals surface area contributed by atoms with Crippen LogP contribution in [0.3, 0.4) is 0 Å². The zero-order chi connectivity index (χ0) is 10.8. The van der Waals surface area contributed by atoms with Crippen molar-refractivity contribution in [2.75, 3.05) is 7.11 Å². The quantitative estimate of drug-likeness (QED) is 0.634. The summed E-state index contributed by atoms with van der Waals surface area (Å²) in [6.45, 7) is 0. The molecule has 1 atom stereocenters. The molecule has 80 valence electrons. The van der Waals surface area contributed by atoms with E-state index < -0.39 is 0 Å². The summed E-state index contributed by atoms with van der Waals surface area (Å²) in [5.41, 5.74) is 8.08. The van der Waals surface area contributed by atoms with Crippen LogP contribution in [0, 0.1) is 0 Å². The van der Waals surface area contributed by atoms with Crippen molar-refractivity contribution in [3.8, 4) is 0 Å². The summed E-state index contributed by atoms with van der Waals surface area (Å²) in [7, 11) is 1.57. The Morgan fingerprint density at radius 2 is 2.13 bits per heavy atom. The number of imidazole rings is 1. The van der Waals surface area contributed by atoms with Crippen molar-refractivity contribution < 1.29 is 4.74 Å². The van der Waals surface area contributed by atoms with Gasteiger partial charge in [-0.15, -0.1) is 0 Å². The molecule has 0 bridgehead atoms. The summed E-state index contributed by atoms with van der Waals surface area (Å²) in [4.78, 5) is 16.4. The lowest BCUT2D eigenvalue weighted by Crippen LogP contribution is -2.24. The number of hydrogen-bond acceptors (Lipinski definition) is 3. The van der Waals surface area contributed by atoms with Crippen LogP contribution < -0.4 is 11.4 Å². The summed E-state index contributed by atoms with van der Waals surface area (Å²) in [6.07, 6.45) is 0.313. The van der Waals surface area contributed by atoms with E-state index in [4.69, 9.17) is 10.5 Å². The largest absolute Gasteiger partial charge is 0.366 e. The predicted octanol–water partition coefficient (Wildman–Crippen LogP) is 0.330. The average Bonchev–Trinajstić information content (AvgIpc) is 2.57. The topological polar surface area (TPSA) is 83.9 Å². The highest BCUT2D eigenvalue weighted by atomic mass is 16.5. The Morgan fingerprint density at radius 3 is 2.87 bits per heavy atom. The number of benzene rings is 1. The Balaban J connectivity index is 2.34. The van der Waals surface area contributed by atoms with Crippen molar-refractivity contribution in [2.45, 2.75) is 12.6 Å². The molecule has 0 aliphatic carbocycles. The van der Waals surface area contributed by atoms with Gasteiger partial charge in [0.15, 0.2) is 0 Å². The number of H-pyrrole nitrogens is 2. The number of nitrogens with one attached hydrogen (secondary N) is 2. The molecule has 0 amide bonds. The van der Waals surface area contributed by atoms with Crippen LogP contribution in [0.4, 0.5) is 0 Å². The van der Waals surface area contributed by atoms with E-state index in [0.29, 0.717) is 6.42 Å². The van der Waals surface area contributed by atoms with E-state index in [0.717, 1.165) is 16.6 Å². The smallest absolute Gasteiger partial charge is 0.323 e. The summed E-state index contributed by atoms with van der Waals surface area (Å²) in [6, 6.07) is 5.67. The number of methoxy groups -OCH3 is 1. The van der Waals surface area contributed by atoms with Gasteiger partial charge in [-0.05, 0) is 17.7 Å². The molecule has 1 unspecified atom stereocenters. The SMILES string of the molecule is COC(N)Cc1ccc2[nH]c(=O)[nH]c2c1. The molecule has 15 heavy (non-hydrogen) atoms. The van der Waals surface area contributed by atoms with Gasteiger partial charge in [0.2, 0.25) is 0 Å². The van der Waals surface area contributed by atoms with E-state index in [9.17, 15) is 4.79 Å². The summed E-state index contributed by atoms with van der Waals surface area (Å²) >= 11 is 0. The maximum absolute atomic E-state index is 11.0. The summed E-state index contributed by atoms with van der Waals surface area (Å²) in [5, 5.41) is 0. The van der Waals surface area contributed by atoms with Gasteiger partial charge in [0.1, 0.15) is 6.23 Å². The zero-order valence-electron chi connectivity index (χ0n) is 8.41. The van der Waals surface area contributed by atoms with E-state index >= 15 is 0 Å². The van der Waals surface area contributed by atoms with Gasteiger partial charge in [-0.25, -0.2) is 4.79 Å². The summed E-state index contributed by atoms with van der Waals surface area (Å²) in [5.74, 6) is 0. The van der Waals surface area contributed by atoms with Gasteiger partial charge in [-0.2, -0.15) is 0 Å². The number of fused-ring (bicyclic) bond motifs is 1. The van der Waals surface area contributed by atoms with Crippen molar-refractivity contribution in [3.05, 3.63) is 34.2 Å². The van der Waals surface area contributed by atoms with Gasteiger partial charge in [0.25, 0.3) is 0 Å². The molecular weight excluding hydrogens is 194 g/mol.